The highest BCUT2D eigenvalue weighted by atomic mass is 16.5. The molecule has 0 aliphatic carbocycles. The molecule has 2 aliphatic heterocycles. The average Bonchev–Trinajstić information content (AvgIpc) is 2.98. The van der Waals surface area contributed by atoms with E-state index in [1.54, 1.807) is 19.4 Å². The van der Waals surface area contributed by atoms with Crippen molar-refractivity contribution in [2.45, 2.75) is 12.5 Å². The third-order valence-electron chi connectivity index (χ3n) is 3.94. The SMILES string of the molecule is COc1ccnc(N2CCC(N3CCNCC3)C2)n1. The van der Waals surface area contributed by atoms with Crippen LogP contribution in [-0.4, -0.2) is 67.3 Å². The molecule has 2 fully saturated rings. The van der Waals surface area contributed by atoms with Crippen molar-refractivity contribution in [1.82, 2.24) is 20.2 Å². The lowest BCUT2D eigenvalue weighted by molar-refractivity contribution is 0.185. The average molecular weight is 263 g/mol. The number of hydrogen-bond acceptors (Lipinski definition) is 6. The Kier molecular flexibility index (Phi) is 3.79. The first kappa shape index (κ1) is 12.6. The van der Waals surface area contributed by atoms with Gasteiger partial charge in [0, 0.05) is 57.6 Å². The minimum atomic E-state index is 0.635. The number of ether oxygens (including phenoxy) is 1. The zero-order valence-electron chi connectivity index (χ0n) is 11.4. The van der Waals surface area contributed by atoms with Gasteiger partial charge in [0.05, 0.1) is 7.11 Å². The fourth-order valence-corrected chi connectivity index (χ4v) is 2.87. The van der Waals surface area contributed by atoms with E-state index in [9.17, 15) is 0 Å². The number of nitrogens with one attached hydrogen (secondary N) is 1. The van der Waals surface area contributed by atoms with Gasteiger partial charge in [0.2, 0.25) is 11.8 Å². The zero-order valence-corrected chi connectivity index (χ0v) is 11.4. The Balaban J connectivity index is 1.64. The molecule has 1 N–H and O–H groups in total. The molecule has 3 rings (SSSR count). The van der Waals surface area contributed by atoms with Crippen LogP contribution in [-0.2, 0) is 0 Å². The van der Waals surface area contributed by atoms with Gasteiger partial charge in [0.1, 0.15) is 0 Å². The normalized spacial score (nSPS) is 24.7. The largest absolute Gasteiger partial charge is 0.481 e. The lowest BCUT2D eigenvalue weighted by atomic mass is 10.2. The summed E-state index contributed by atoms with van der Waals surface area (Å²) in [6.07, 6.45) is 2.96. The van der Waals surface area contributed by atoms with Gasteiger partial charge in [-0.3, -0.25) is 4.90 Å². The van der Waals surface area contributed by atoms with Crippen molar-refractivity contribution >= 4 is 5.95 Å². The van der Waals surface area contributed by atoms with Crippen LogP contribution in [0.3, 0.4) is 0 Å². The van der Waals surface area contributed by atoms with Crippen LogP contribution >= 0.6 is 0 Å². The molecule has 0 radical (unpaired) electrons. The molecule has 6 nitrogen and oxygen atoms in total. The maximum absolute atomic E-state index is 5.16. The van der Waals surface area contributed by atoms with Crippen LogP contribution in [0.25, 0.3) is 0 Å². The molecular formula is C13H21N5O. The van der Waals surface area contributed by atoms with Gasteiger partial charge in [0.15, 0.2) is 0 Å². The Morgan fingerprint density at radius 2 is 2.16 bits per heavy atom. The molecule has 3 heterocycles. The van der Waals surface area contributed by atoms with Gasteiger partial charge in [-0.1, -0.05) is 0 Å². The van der Waals surface area contributed by atoms with Crippen LogP contribution in [0.1, 0.15) is 6.42 Å². The molecular weight excluding hydrogens is 242 g/mol. The van der Waals surface area contributed by atoms with E-state index in [1.165, 1.54) is 6.42 Å². The van der Waals surface area contributed by atoms with Gasteiger partial charge in [-0.25, -0.2) is 4.98 Å². The van der Waals surface area contributed by atoms with Gasteiger partial charge in [-0.05, 0) is 6.42 Å². The topological polar surface area (TPSA) is 53.5 Å². The molecule has 0 bridgehead atoms. The first-order chi connectivity index (χ1) is 9.36. The number of hydrogen-bond donors (Lipinski definition) is 1. The van der Waals surface area contributed by atoms with E-state index in [1.807, 2.05) is 0 Å². The van der Waals surface area contributed by atoms with Crippen molar-refractivity contribution in [3.8, 4) is 5.88 Å². The molecule has 0 saturated carbocycles. The highest BCUT2D eigenvalue weighted by Gasteiger charge is 2.29. The number of aromatic nitrogens is 2. The smallest absolute Gasteiger partial charge is 0.228 e. The van der Waals surface area contributed by atoms with Gasteiger partial charge in [-0.15, -0.1) is 0 Å². The highest BCUT2D eigenvalue weighted by Crippen LogP contribution is 2.21. The summed E-state index contributed by atoms with van der Waals surface area (Å²) in [5, 5.41) is 3.40. The van der Waals surface area contributed by atoms with Crippen molar-refractivity contribution in [1.29, 1.82) is 0 Å². The van der Waals surface area contributed by atoms with E-state index in [0.717, 1.165) is 45.2 Å². The molecule has 1 unspecified atom stereocenters. The number of rotatable bonds is 3. The van der Waals surface area contributed by atoms with Crippen LogP contribution in [0.5, 0.6) is 5.88 Å². The number of methoxy groups -OCH3 is 1. The molecule has 1 aromatic heterocycles. The summed E-state index contributed by atoms with van der Waals surface area (Å²) in [6.45, 7) is 6.56. The van der Waals surface area contributed by atoms with Crippen LogP contribution in [0.15, 0.2) is 12.3 Å². The van der Waals surface area contributed by atoms with Crippen LogP contribution in [0, 0.1) is 0 Å². The summed E-state index contributed by atoms with van der Waals surface area (Å²) >= 11 is 0. The van der Waals surface area contributed by atoms with Crippen LogP contribution < -0.4 is 15.0 Å². The van der Waals surface area contributed by atoms with Gasteiger partial charge >= 0.3 is 0 Å². The van der Waals surface area contributed by atoms with E-state index in [0.29, 0.717) is 11.9 Å². The summed E-state index contributed by atoms with van der Waals surface area (Å²) < 4.78 is 5.16. The summed E-state index contributed by atoms with van der Waals surface area (Å²) in [7, 11) is 1.64. The van der Waals surface area contributed by atoms with E-state index in [4.69, 9.17) is 4.74 Å². The monoisotopic (exact) mass is 263 g/mol. The molecule has 0 spiro atoms. The molecule has 2 saturated heterocycles. The van der Waals surface area contributed by atoms with Crippen molar-refractivity contribution in [2.75, 3.05) is 51.3 Å². The molecule has 1 aromatic rings. The highest BCUT2D eigenvalue weighted by molar-refractivity contribution is 5.34. The first-order valence-corrected chi connectivity index (χ1v) is 6.93. The quantitative estimate of drug-likeness (QED) is 0.826. The van der Waals surface area contributed by atoms with E-state index >= 15 is 0 Å². The zero-order chi connectivity index (χ0) is 13.1. The van der Waals surface area contributed by atoms with Crippen molar-refractivity contribution in [3.63, 3.8) is 0 Å². The second kappa shape index (κ2) is 5.71. The maximum Gasteiger partial charge on any atom is 0.228 e. The number of nitrogens with zero attached hydrogens (tertiary/aromatic N) is 4. The molecule has 2 aliphatic rings. The molecule has 6 heteroatoms. The first-order valence-electron chi connectivity index (χ1n) is 6.93. The third-order valence-corrected chi connectivity index (χ3v) is 3.94. The summed E-state index contributed by atoms with van der Waals surface area (Å²) in [5.74, 6) is 1.42. The van der Waals surface area contributed by atoms with Crippen LogP contribution in [0.2, 0.25) is 0 Å². The Labute approximate surface area is 113 Å². The maximum atomic E-state index is 5.16. The standard InChI is InChI=1S/C13H21N5O/c1-19-12-2-4-15-13(16-12)18-7-3-11(10-18)17-8-5-14-6-9-17/h2,4,11,14H,3,5-10H2,1H3. The summed E-state index contributed by atoms with van der Waals surface area (Å²) in [6, 6.07) is 2.42. The molecule has 0 aromatic carbocycles. The second-order valence-corrected chi connectivity index (χ2v) is 5.07. The van der Waals surface area contributed by atoms with Crippen LogP contribution in [0.4, 0.5) is 5.95 Å². The minimum Gasteiger partial charge on any atom is -0.481 e. The lowest BCUT2D eigenvalue weighted by Gasteiger charge is -2.32. The third kappa shape index (κ3) is 2.79. The predicted octanol–water partition coefficient (Wildman–Crippen LogP) is -0.0309. The van der Waals surface area contributed by atoms with Crippen molar-refractivity contribution in [2.24, 2.45) is 0 Å². The lowest BCUT2D eigenvalue weighted by Crippen LogP contribution is -2.49. The van der Waals surface area contributed by atoms with Crippen molar-refractivity contribution < 1.29 is 4.74 Å². The predicted molar refractivity (Wildman–Crippen MR) is 73.6 cm³/mol. The Morgan fingerprint density at radius 1 is 1.32 bits per heavy atom. The number of anilines is 1. The molecule has 1 atom stereocenters. The minimum absolute atomic E-state index is 0.635. The molecule has 0 amide bonds. The number of piperazine rings is 1. The summed E-state index contributed by atoms with van der Waals surface area (Å²) in [5.41, 5.74) is 0. The van der Waals surface area contributed by atoms with Crippen molar-refractivity contribution in [3.05, 3.63) is 12.3 Å². The Hall–Kier alpha value is -1.40. The van der Waals surface area contributed by atoms with E-state index in [2.05, 4.69) is 25.1 Å². The van der Waals surface area contributed by atoms with E-state index < -0.39 is 0 Å². The Bertz CT molecular complexity index is 421. The second-order valence-electron chi connectivity index (χ2n) is 5.07. The Morgan fingerprint density at radius 3 is 2.95 bits per heavy atom. The molecule has 104 valence electrons. The summed E-state index contributed by atoms with van der Waals surface area (Å²) in [4.78, 5) is 13.6. The fraction of sp³-hybridized carbons (Fsp3) is 0.692. The van der Waals surface area contributed by atoms with E-state index in [-0.39, 0.29) is 0 Å². The van der Waals surface area contributed by atoms with Gasteiger partial charge < -0.3 is 15.0 Å². The fourth-order valence-electron chi connectivity index (χ4n) is 2.87. The molecule has 19 heavy (non-hydrogen) atoms. The van der Waals surface area contributed by atoms with Gasteiger partial charge in [0.25, 0.3) is 0 Å². The van der Waals surface area contributed by atoms with Gasteiger partial charge in [-0.2, -0.15) is 4.98 Å².